The molecule has 7 heavy (non-hydrogen) atoms. The molecular weight excluding hydrogens is 92.1 g/mol. The number of hydrogen-bond donors (Lipinski definition) is 1. The maximum atomic E-state index is 9.87. The van der Waals surface area contributed by atoms with Crippen LogP contribution in [0.5, 0.6) is 0 Å². The highest BCUT2D eigenvalue weighted by molar-refractivity contribution is 5.59. The summed E-state index contributed by atoms with van der Waals surface area (Å²) in [6, 6.07) is 0. The van der Waals surface area contributed by atoms with Crippen LogP contribution in [0.3, 0.4) is 0 Å². The van der Waals surface area contributed by atoms with Gasteiger partial charge in [-0.2, -0.15) is 0 Å². The van der Waals surface area contributed by atoms with Crippen LogP contribution in [0.1, 0.15) is 13.8 Å². The quantitative estimate of drug-likeness (QED) is 0.521. The van der Waals surface area contributed by atoms with Gasteiger partial charge in [-0.25, -0.2) is 0 Å². The molecule has 0 aliphatic rings. The summed E-state index contributed by atoms with van der Waals surface area (Å²) in [5, 5.41) is 8.24. The Kier molecular flexibility index (Phi) is 1.96. The van der Waals surface area contributed by atoms with Crippen molar-refractivity contribution < 1.29 is 9.90 Å². The highest BCUT2D eigenvalue weighted by Crippen LogP contribution is 2.11. The number of aliphatic hydroxyl groups excluding tert-OH is 1. The lowest BCUT2D eigenvalue weighted by Crippen LogP contribution is -2.12. The van der Waals surface area contributed by atoms with E-state index in [1.165, 1.54) is 0 Å². The van der Waals surface area contributed by atoms with Crippen molar-refractivity contribution in [3.63, 3.8) is 0 Å². The van der Waals surface area contributed by atoms with Gasteiger partial charge in [0.15, 0.2) is 0 Å². The van der Waals surface area contributed by atoms with Crippen LogP contribution in [0.25, 0.3) is 0 Å². The van der Waals surface area contributed by atoms with Crippen LogP contribution in [0, 0.1) is 12.0 Å². The van der Waals surface area contributed by atoms with E-state index in [1.807, 2.05) is 0 Å². The van der Waals surface area contributed by atoms with Gasteiger partial charge in [-0.1, -0.05) is 13.8 Å². The Bertz CT molecular complexity index is 66.5. The first-order chi connectivity index (χ1) is 3.12. The van der Waals surface area contributed by atoms with Crippen LogP contribution < -0.4 is 0 Å². The van der Waals surface area contributed by atoms with Gasteiger partial charge in [0.2, 0.25) is 0 Å². The first kappa shape index (κ1) is 6.63. The van der Waals surface area contributed by atoms with Crippen LogP contribution in [0.15, 0.2) is 0 Å². The molecule has 0 atom stereocenters. The van der Waals surface area contributed by atoms with Crippen molar-refractivity contribution in [2.24, 2.45) is 5.41 Å². The van der Waals surface area contributed by atoms with Crippen LogP contribution in [0.4, 0.5) is 0 Å². The van der Waals surface area contributed by atoms with E-state index >= 15 is 0 Å². The van der Waals surface area contributed by atoms with Crippen molar-refractivity contribution >= 4 is 6.29 Å². The Balaban J connectivity index is 3.58. The molecule has 0 spiro atoms. The molecule has 0 aromatic rings. The summed E-state index contributed by atoms with van der Waals surface area (Å²) in [5.74, 6) is 0. The summed E-state index contributed by atoms with van der Waals surface area (Å²) in [5.41, 5.74) is -0.667. The van der Waals surface area contributed by atoms with Gasteiger partial charge in [0, 0.05) is 5.41 Å². The Morgan fingerprint density at radius 1 is 1.57 bits per heavy atom. The first-order valence-corrected chi connectivity index (χ1v) is 2.07. The van der Waals surface area contributed by atoms with Gasteiger partial charge in [0.05, 0.1) is 6.61 Å². The standard InChI is InChI=1S/C5H9O2/c1-5(2,3-6)4-7/h3-4,6H,1-2H3. The molecule has 0 aliphatic heterocycles. The molecule has 41 valence electrons. The summed E-state index contributed by atoms with van der Waals surface area (Å²) in [6.45, 7) is 4.12. The lowest BCUT2D eigenvalue weighted by molar-refractivity contribution is -0.114. The van der Waals surface area contributed by atoms with Gasteiger partial charge in [-0.05, 0) is 0 Å². The molecule has 0 heterocycles. The van der Waals surface area contributed by atoms with Crippen molar-refractivity contribution in [1.29, 1.82) is 0 Å². The summed E-state index contributed by atoms with van der Waals surface area (Å²) < 4.78 is 0. The topological polar surface area (TPSA) is 37.3 Å². The fourth-order valence-corrected chi connectivity index (χ4v) is 0.0304. The third-order valence-electron chi connectivity index (χ3n) is 0.636. The van der Waals surface area contributed by atoms with Crippen LogP contribution in [0.2, 0.25) is 0 Å². The van der Waals surface area contributed by atoms with E-state index in [9.17, 15) is 4.79 Å². The van der Waals surface area contributed by atoms with E-state index in [-0.39, 0.29) is 0 Å². The molecule has 0 fully saturated rings. The minimum atomic E-state index is -0.667. The number of hydrogen-bond acceptors (Lipinski definition) is 2. The molecule has 0 saturated heterocycles. The Labute approximate surface area is 43.2 Å². The minimum absolute atomic E-state index is 0.667. The molecular formula is C5H9O2. The van der Waals surface area contributed by atoms with Gasteiger partial charge < -0.3 is 9.90 Å². The van der Waals surface area contributed by atoms with Crippen LogP contribution in [-0.2, 0) is 4.79 Å². The van der Waals surface area contributed by atoms with Crippen molar-refractivity contribution in [3.8, 4) is 0 Å². The summed E-state index contributed by atoms with van der Waals surface area (Å²) in [7, 11) is 0. The summed E-state index contributed by atoms with van der Waals surface area (Å²) in [4.78, 5) is 9.87. The SMILES string of the molecule is CC(C)([CH]O)C=O. The lowest BCUT2D eigenvalue weighted by atomic mass is 9.98. The molecule has 0 aliphatic carbocycles. The van der Waals surface area contributed by atoms with Gasteiger partial charge in [0.25, 0.3) is 0 Å². The van der Waals surface area contributed by atoms with Crippen LogP contribution in [-0.4, -0.2) is 11.4 Å². The maximum absolute atomic E-state index is 9.87. The number of carbonyl (C=O) groups excluding carboxylic acids is 1. The molecule has 1 radical (unpaired) electrons. The molecule has 0 bridgehead atoms. The van der Waals surface area contributed by atoms with Gasteiger partial charge in [0.1, 0.15) is 6.29 Å². The molecule has 0 aromatic heterocycles. The van der Waals surface area contributed by atoms with Crippen molar-refractivity contribution in [3.05, 3.63) is 6.61 Å². The highest BCUT2D eigenvalue weighted by Gasteiger charge is 2.13. The van der Waals surface area contributed by atoms with Crippen molar-refractivity contribution in [2.45, 2.75) is 13.8 Å². The average Bonchev–Trinajstić information content (AvgIpc) is 1.68. The Morgan fingerprint density at radius 3 is 2.00 bits per heavy atom. The predicted molar refractivity (Wildman–Crippen MR) is 26.1 cm³/mol. The van der Waals surface area contributed by atoms with Crippen molar-refractivity contribution in [1.82, 2.24) is 0 Å². The van der Waals surface area contributed by atoms with E-state index in [4.69, 9.17) is 5.11 Å². The highest BCUT2D eigenvalue weighted by atomic mass is 16.3. The number of aldehydes is 1. The third-order valence-corrected chi connectivity index (χ3v) is 0.636. The monoisotopic (exact) mass is 101 g/mol. The molecule has 2 nitrogen and oxygen atoms in total. The smallest absolute Gasteiger partial charge is 0.128 e. The molecule has 0 saturated carbocycles. The maximum Gasteiger partial charge on any atom is 0.128 e. The second-order valence-corrected chi connectivity index (χ2v) is 2.07. The molecule has 0 amide bonds. The summed E-state index contributed by atoms with van der Waals surface area (Å²) in [6.07, 6.45) is 0.688. The first-order valence-electron chi connectivity index (χ1n) is 2.07. The van der Waals surface area contributed by atoms with Gasteiger partial charge in [-0.15, -0.1) is 0 Å². The zero-order valence-corrected chi connectivity index (χ0v) is 4.51. The predicted octanol–water partition coefficient (Wildman–Crippen LogP) is 0.746. The Hall–Kier alpha value is -0.370. The molecule has 0 rings (SSSR count). The molecule has 2 heteroatoms. The molecule has 1 N–H and O–H groups in total. The fraction of sp³-hybridized carbons (Fsp3) is 0.600. The largest absolute Gasteiger partial charge is 0.389 e. The number of aliphatic hydroxyl groups is 1. The van der Waals surface area contributed by atoms with E-state index in [0.717, 1.165) is 6.61 Å². The Morgan fingerprint density at radius 2 is 2.00 bits per heavy atom. The van der Waals surface area contributed by atoms with E-state index < -0.39 is 5.41 Å². The molecule has 0 unspecified atom stereocenters. The average molecular weight is 101 g/mol. The molecule has 0 aromatic carbocycles. The number of rotatable bonds is 2. The minimum Gasteiger partial charge on any atom is -0.389 e. The fourth-order valence-electron chi connectivity index (χ4n) is 0.0304. The zero-order chi connectivity index (χ0) is 5.91. The van der Waals surface area contributed by atoms with E-state index in [2.05, 4.69) is 0 Å². The second kappa shape index (κ2) is 2.07. The van der Waals surface area contributed by atoms with Crippen LogP contribution >= 0.6 is 0 Å². The second-order valence-electron chi connectivity index (χ2n) is 2.07. The normalized spacial score (nSPS) is 11.3. The van der Waals surface area contributed by atoms with E-state index in [0.29, 0.717) is 6.29 Å². The van der Waals surface area contributed by atoms with E-state index in [1.54, 1.807) is 13.8 Å². The lowest BCUT2D eigenvalue weighted by Gasteiger charge is -2.08. The zero-order valence-electron chi connectivity index (χ0n) is 4.51. The van der Waals surface area contributed by atoms with Crippen molar-refractivity contribution in [2.75, 3.05) is 0 Å². The van der Waals surface area contributed by atoms with Gasteiger partial charge in [-0.3, -0.25) is 0 Å². The van der Waals surface area contributed by atoms with Gasteiger partial charge >= 0.3 is 0 Å². The third kappa shape index (κ3) is 2.34. The number of carbonyl (C=O) groups is 1. The summed E-state index contributed by atoms with van der Waals surface area (Å²) >= 11 is 0.